The Labute approximate surface area is 246 Å². The maximum atomic E-state index is 13.2. The fourth-order valence-corrected chi connectivity index (χ4v) is 5.97. The van der Waals surface area contributed by atoms with Gasteiger partial charge in [0.25, 0.3) is 5.91 Å². The molecule has 0 spiro atoms. The number of hydrogen-bond donors (Lipinski definition) is 3. The first-order chi connectivity index (χ1) is 19.5. The zero-order chi connectivity index (χ0) is 31.0. The van der Waals surface area contributed by atoms with Crippen molar-refractivity contribution in [3.05, 3.63) is 74.3 Å². The van der Waals surface area contributed by atoms with E-state index in [1.807, 2.05) is 0 Å². The number of carbonyl (C=O) groups excluding carboxylic acids is 2. The molecule has 42 heavy (non-hydrogen) atoms. The van der Waals surface area contributed by atoms with Crippen LogP contribution >= 0.6 is 35.3 Å². The largest absolute Gasteiger partial charge is 0.507 e. The summed E-state index contributed by atoms with van der Waals surface area (Å²) in [6.07, 6.45) is -8.79. The highest BCUT2D eigenvalue weighted by Crippen LogP contribution is 2.40. The number of thiophene rings is 1. The van der Waals surface area contributed by atoms with Crippen LogP contribution < -0.4 is 5.32 Å². The number of halogens is 6. The Morgan fingerprint density at radius 1 is 0.976 bits per heavy atom. The SMILES string of the molecule is O=C(CCN1C(=O)C(=Cc2cc(-c3cc(C(F)(F)F)cc(C(F)(F)F)c3)cs2)SC1=S)Nc1ccc(C(=O)O)c(O)c1. The number of hydrogen-bond acceptors (Lipinski definition) is 7. The quantitative estimate of drug-likeness (QED) is 0.143. The lowest BCUT2D eigenvalue weighted by molar-refractivity contribution is -0.143. The van der Waals surface area contributed by atoms with E-state index in [1.165, 1.54) is 23.6 Å². The number of thioether (sulfide) groups is 1. The molecule has 0 atom stereocenters. The molecule has 1 saturated heterocycles. The molecule has 1 aliphatic heterocycles. The summed E-state index contributed by atoms with van der Waals surface area (Å²) in [4.78, 5) is 37.9. The summed E-state index contributed by atoms with van der Waals surface area (Å²) in [5.74, 6) is -3.00. The van der Waals surface area contributed by atoms with Crippen molar-refractivity contribution in [2.45, 2.75) is 18.8 Å². The maximum absolute atomic E-state index is 13.2. The molecule has 3 N–H and O–H groups in total. The summed E-state index contributed by atoms with van der Waals surface area (Å²) in [6, 6.07) is 6.08. The van der Waals surface area contributed by atoms with E-state index in [4.69, 9.17) is 17.3 Å². The fourth-order valence-electron chi connectivity index (χ4n) is 3.75. The Morgan fingerprint density at radius 3 is 2.19 bits per heavy atom. The minimum Gasteiger partial charge on any atom is -0.507 e. The molecule has 2 aromatic carbocycles. The van der Waals surface area contributed by atoms with Gasteiger partial charge in [0.1, 0.15) is 15.6 Å². The number of nitrogens with zero attached hydrogens (tertiary/aromatic N) is 1. The van der Waals surface area contributed by atoms with E-state index in [0.717, 1.165) is 40.1 Å². The molecule has 0 radical (unpaired) electrons. The summed E-state index contributed by atoms with van der Waals surface area (Å²) in [5, 5.41) is 22.5. The average Bonchev–Trinajstić information content (AvgIpc) is 3.45. The number of phenols is 1. The minimum atomic E-state index is -4.99. The molecule has 4 rings (SSSR count). The lowest BCUT2D eigenvalue weighted by Gasteiger charge is -2.14. The van der Waals surface area contributed by atoms with Gasteiger partial charge in [0, 0.05) is 29.6 Å². The van der Waals surface area contributed by atoms with Crippen molar-refractivity contribution in [1.29, 1.82) is 0 Å². The zero-order valence-corrected chi connectivity index (χ0v) is 23.1. The second-order valence-corrected chi connectivity index (χ2v) is 11.3. The lowest BCUT2D eigenvalue weighted by atomic mass is 10.0. The Kier molecular flexibility index (Phi) is 8.71. The number of amides is 2. The topological polar surface area (TPSA) is 107 Å². The molecule has 1 fully saturated rings. The molecule has 1 aromatic heterocycles. The number of thiocarbonyl (C=S) groups is 1. The zero-order valence-electron chi connectivity index (χ0n) is 20.7. The summed E-state index contributed by atoms with van der Waals surface area (Å²) in [7, 11) is 0. The predicted octanol–water partition coefficient (Wildman–Crippen LogP) is 7.09. The van der Waals surface area contributed by atoms with Gasteiger partial charge >= 0.3 is 18.3 Å². The molecule has 16 heteroatoms. The summed E-state index contributed by atoms with van der Waals surface area (Å²) < 4.78 is 79.6. The van der Waals surface area contributed by atoms with Gasteiger partial charge in [-0.15, -0.1) is 11.3 Å². The van der Waals surface area contributed by atoms with Gasteiger partial charge in [-0.3, -0.25) is 14.5 Å². The molecule has 0 bridgehead atoms. The molecule has 1 aliphatic rings. The van der Waals surface area contributed by atoms with E-state index < -0.39 is 47.0 Å². The first-order valence-electron chi connectivity index (χ1n) is 11.5. The number of carboxylic acid groups (broad SMARTS) is 1. The monoisotopic (exact) mass is 646 g/mol. The minimum absolute atomic E-state index is 0.0430. The highest BCUT2D eigenvalue weighted by Gasteiger charge is 2.37. The van der Waals surface area contributed by atoms with Gasteiger partial charge in [0.05, 0.1) is 16.0 Å². The fraction of sp³-hybridized carbons (Fsp3) is 0.154. The standard InChI is InChI=1S/C26H16F6N2O5S3/c27-25(28,29)14-5-12(6-15(8-14)26(30,31)32)13-7-17(41-11-13)10-20-22(37)34(24(40)42-20)4-3-21(36)33-16-1-2-18(23(38)39)19(35)9-16/h1-2,5-11,35H,3-4H2,(H,33,36)(H,38,39). The molecule has 0 saturated carbocycles. The van der Waals surface area contributed by atoms with Gasteiger partial charge in [0.15, 0.2) is 0 Å². The molecule has 0 aliphatic carbocycles. The number of aromatic hydroxyl groups is 1. The van der Waals surface area contributed by atoms with E-state index >= 15 is 0 Å². The van der Waals surface area contributed by atoms with Crippen LogP contribution in [0.3, 0.4) is 0 Å². The van der Waals surface area contributed by atoms with E-state index in [-0.39, 0.29) is 50.6 Å². The number of aromatic carboxylic acids is 1. The van der Waals surface area contributed by atoms with E-state index in [1.54, 1.807) is 0 Å². The van der Waals surface area contributed by atoms with Crippen molar-refractivity contribution in [1.82, 2.24) is 4.90 Å². The second kappa shape index (κ2) is 11.8. The summed E-state index contributed by atoms with van der Waals surface area (Å²) in [6.45, 7) is -0.118. The number of carbonyl (C=O) groups is 3. The summed E-state index contributed by atoms with van der Waals surface area (Å²) in [5.41, 5.74) is -3.31. The third kappa shape index (κ3) is 7.11. The molecular weight excluding hydrogens is 630 g/mol. The van der Waals surface area contributed by atoms with Gasteiger partial charge in [-0.2, -0.15) is 26.3 Å². The average molecular weight is 647 g/mol. The number of nitrogens with one attached hydrogen (secondary N) is 1. The molecule has 7 nitrogen and oxygen atoms in total. The third-order valence-electron chi connectivity index (χ3n) is 5.76. The van der Waals surface area contributed by atoms with E-state index in [9.17, 15) is 45.8 Å². The number of alkyl halides is 6. The third-order valence-corrected chi connectivity index (χ3v) is 8.02. The maximum Gasteiger partial charge on any atom is 0.416 e. The van der Waals surface area contributed by atoms with Crippen LogP contribution in [0.5, 0.6) is 5.75 Å². The number of benzene rings is 2. The van der Waals surface area contributed by atoms with Crippen molar-refractivity contribution < 1.29 is 50.9 Å². The predicted molar refractivity (Wildman–Crippen MR) is 148 cm³/mol. The van der Waals surface area contributed by atoms with Crippen LogP contribution in [0, 0.1) is 0 Å². The first kappa shape index (κ1) is 31.1. The summed E-state index contributed by atoms with van der Waals surface area (Å²) >= 11 is 7.14. The van der Waals surface area contributed by atoms with Crippen LogP contribution in [0.2, 0.25) is 0 Å². The van der Waals surface area contributed by atoms with E-state index in [2.05, 4.69) is 5.32 Å². The normalized spacial score (nSPS) is 15.0. The van der Waals surface area contributed by atoms with Crippen molar-refractivity contribution in [2.24, 2.45) is 0 Å². The molecular formula is C26H16F6N2O5S3. The Bertz CT molecular complexity index is 1600. The molecule has 2 amide bonds. The Balaban J connectivity index is 1.45. The van der Waals surface area contributed by atoms with Crippen LogP contribution in [-0.2, 0) is 21.9 Å². The van der Waals surface area contributed by atoms with Crippen LogP contribution in [0.15, 0.2) is 52.7 Å². The Hall–Kier alpha value is -3.89. The van der Waals surface area contributed by atoms with Gasteiger partial charge in [-0.05, 0) is 59.0 Å². The number of anilines is 1. The van der Waals surface area contributed by atoms with Gasteiger partial charge < -0.3 is 15.5 Å². The Morgan fingerprint density at radius 2 is 1.62 bits per heavy atom. The first-order valence-corrected chi connectivity index (χ1v) is 13.6. The molecule has 0 unspecified atom stereocenters. The number of carboxylic acids is 1. The van der Waals surface area contributed by atoms with Gasteiger partial charge in [0.2, 0.25) is 5.91 Å². The molecule has 2 heterocycles. The smallest absolute Gasteiger partial charge is 0.416 e. The van der Waals surface area contributed by atoms with Crippen LogP contribution in [0.1, 0.15) is 32.8 Å². The highest BCUT2D eigenvalue weighted by atomic mass is 32.2. The highest BCUT2D eigenvalue weighted by molar-refractivity contribution is 8.26. The van der Waals surface area contributed by atoms with Crippen LogP contribution in [0.25, 0.3) is 17.2 Å². The van der Waals surface area contributed by atoms with Gasteiger partial charge in [-0.1, -0.05) is 24.0 Å². The molecule has 220 valence electrons. The van der Waals surface area contributed by atoms with Crippen molar-refractivity contribution in [2.75, 3.05) is 11.9 Å². The number of rotatable bonds is 7. The van der Waals surface area contributed by atoms with Crippen molar-refractivity contribution >= 4 is 69.2 Å². The molecule has 3 aromatic rings. The lowest BCUT2D eigenvalue weighted by Crippen LogP contribution is -2.31. The second-order valence-electron chi connectivity index (χ2n) is 8.70. The van der Waals surface area contributed by atoms with Gasteiger partial charge in [-0.25, -0.2) is 4.79 Å². The van der Waals surface area contributed by atoms with Crippen molar-refractivity contribution in [3.63, 3.8) is 0 Å². The van der Waals surface area contributed by atoms with Crippen LogP contribution in [0.4, 0.5) is 32.0 Å². The van der Waals surface area contributed by atoms with Crippen molar-refractivity contribution in [3.8, 4) is 16.9 Å². The van der Waals surface area contributed by atoms with E-state index in [0.29, 0.717) is 17.0 Å². The van der Waals surface area contributed by atoms with Crippen LogP contribution in [-0.4, -0.2) is 43.8 Å².